The van der Waals surface area contributed by atoms with Crippen molar-refractivity contribution >= 4 is 15.9 Å². The number of aliphatic hydroxyl groups is 1. The summed E-state index contributed by atoms with van der Waals surface area (Å²) in [5.74, 6) is 0. The highest BCUT2D eigenvalue weighted by Gasteiger charge is 2.32. The van der Waals surface area contributed by atoms with Crippen LogP contribution < -0.4 is 0 Å². The number of benzene rings is 1. The van der Waals surface area contributed by atoms with E-state index in [1.807, 2.05) is 12.1 Å². The van der Waals surface area contributed by atoms with Gasteiger partial charge in [-0.25, -0.2) is 0 Å². The van der Waals surface area contributed by atoms with Crippen LogP contribution in [0.5, 0.6) is 0 Å². The average molecular weight is 285 g/mol. The van der Waals surface area contributed by atoms with Gasteiger partial charge in [-0.2, -0.15) is 0 Å². The Labute approximate surface area is 105 Å². The Kier molecular flexibility index (Phi) is 4.00. The van der Waals surface area contributed by atoms with Crippen LogP contribution in [-0.2, 0) is 11.2 Å². The molecule has 0 aliphatic carbocycles. The molecule has 1 atom stereocenters. The van der Waals surface area contributed by atoms with Crippen LogP contribution in [0.25, 0.3) is 0 Å². The summed E-state index contributed by atoms with van der Waals surface area (Å²) >= 11 is 3.43. The van der Waals surface area contributed by atoms with Gasteiger partial charge in [-0.1, -0.05) is 28.1 Å². The van der Waals surface area contributed by atoms with Crippen LogP contribution in [0.4, 0.5) is 0 Å². The normalized spacial score (nSPS) is 25.6. The third-order valence-corrected chi connectivity index (χ3v) is 3.76. The Morgan fingerprint density at radius 1 is 1.31 bits per heavy atom. The minimum Gasteiger partial charge on any atom is -0.396 e. The van der Waals surface area contributed by atoms with Crippen LogP contribution in [0.3, 0.4) is 0 Å². The largest absolute Gasteiger partial charge is 0.396 e. The van der Waals surface area contributed by atoms with Crippen LogP contribution in [-0.4, -0.2) is 24.9 Å². The zero-order chi connectivity index (χ0) is 11.4. The first kappa shape index (κ1) is 12.1. The molecule has 0 bridgehead atoms. The number of halogens is 1. The number of hydrogen-bond acceptors (Lipinski definition) is 2. The molecule has 0 saturated carbocycles. The zero-order valence-corrected chi connectivity index (χ0v) is 10.9. The van der Waals surface area contributed by atoms with Crippen molar-refractivity contribution in [1.82, 2.24) is 0 Å². The summed E-state index contributed by atoms with van der Waals surface area (Å²) in [7, 11) is 0. The van der Waals surface area contributed by atoms with Crippen molar-refractivity contribution in [2.24, 2.45) is 5.41 Å². The quantitative estimate of drug-likeness (QED) is 0.925. The molecule has 16 heavy (non-hydrogen) atoms. The Hall–Kier alpha value is -0.380. The van der Waals surface area contributed by atoms with Gasteiger partial charge in [0.2, 0.25) is 0 Å². The van der Waals surface area contributed by atoms with Gasteiger partial charge in [-0.3, -0.25) is 0 Å². The van der Waals surface area contributed by atoms with Crippen molar-refractivity contribution < 1.29 is 9.84 Å². The standard InChI is InChI=1S/C13H17BrO2/c14-12-4-2-11(3-5-12)8-13(9-15)6-1-7-16-10-13/h2-5,15H,1,6-10H2. The van der Waals surface area contributed by atoms with Gasteiger partial charge in [0.05, 0.1) is 13.2 Å². The highest BCUT2D eigenvalue weighted by Crippen LogP contribution is 2.32. The zero-order valence-electron chi connectivity index (χ0n) is 9.29. The van der Waals surface area contributed by atoms with Crippen LogP contribution in [0.2, 0.25) is 0 Å². The maximum absolute atomic E-state index is 9.57. The van der Waals surface area contributed by atoms with Crippen molar-refractivity contribution in [1.29, 1.82) is 0 Å². The van der Waals surface area contributed by atoms with Gasteiger partial charge >= 0.3 is 0 Å². The second kappa shape index (κ2) is 5.30. The second-order valence-corrected chi connectivity index (χ2v) is 5.53. The summed E-state index contributed by atoms with van der Waals surface area (Å²) in [6.45, 7) is 1.73. The minimum absolute atomic E-state index is 0.0634. The lowest BCUT2D eigenvalue weighted by atomic mass is 9.78. The smallest absolute Gasteiger partial charge is 0.0547 e. The Balaban J connectivity index is 2.08. The molecule has 1 aromatic carbocycles. The molecule has 1 saturated heterocycles. The van der Waals surface area contributed by atoms with E-state index in [0.717, 1.165) is 30.3 Å². The van der Waals surface area contributed by atoms with Crippen LogP contribution >= 0.6 is 15.9 Å². The fraction of sp³-hybridized carbons (Fsp3) is 0.538. The SMILES string of the molecule is OCC1(Cc2ccc(Br)cc2)CCCOC1. The van der Waals surface area contributed by atoms with Crippen LogP contribution in [0, 0.1) is 5.41 Å². The summed E-state index contributed by atoms with van der Waals surface area (Å²) in [4.78, 5) is 0. The molecular formula is C13H17BrO2. The van der Waals surface area contributed by atoms with Crippen LogP contribution in [0.1, 0.15) is 18.4 Å². The minimum atomic E-state index is -0.0634. The Bertz CT molecular complexity index is 328. The van der Waals surface area contributed by atoms with Crippen molar-refractivity contribution in [3.05, 3.63) is 34.3 Å². The number of ether oxygens (including phenoxy) is 1. The molecule has 2 rings (SSSR count). The fourth-order valence-corrected chi connectivity index (χ4v) is 2.53. The summed E-state index contributed by atoms with van der Waals surface area (Å²) in [5.41, 5.74) is 1.20. The van der Waals surface area contributed by atoms with Gasteiger partial charge in [0.1, 0.15) is 0 Å². The lowest BCUT2D eigenvalue weighted by Crippen LogP contribution is -2.37. The number of rotatable bonds is 3. The van der Waals surface area contributed by atoms with E-state index in [4.69, 9.17) is 4.74 Å². The first-order chi connectivity index (χ1) is 7.74. The van der Waals surface area contributed by atoms with E-state index >= 15 is 0 Å². The van der Waals surface area contributed by atoms with E-state index in [-0.39, 0.29) is 12.0 Å². The predicted molar refractivity (Wildman–Crippen MR) is 67.4 cm³/mol. The summed E-state index contributed by atoms with van der Waals surface area (Å²) in [6, 6.07) is 8.31. The molecule has 2 nitrogen and oxygen atoms in total. The van der Waals surface area contributed by atoms with Crippen molar-refractivity contribution in [2.75, 3.05) is 19.8 Å². The average Bonchev–Trinajstić information content (AvgIpc) is 2.33. The molecule has 1 aromatic rings. The lowest BCUT2D eigenvalue weighted by Gasteiger charge is -2.35. The summed E-state index contributed by atoms with van der Waals surface area (Å²) in [5, 5.41) is 9.57. The first-order valence-electron chi connectivity index (χ1n) is 5.67. The molecular weight excluding hydrogens is 268 g/mol. The maximum atomic E-state index is 9.57. The van der Waals surface area contributed by atoms with Crippen LogP contribution in [0.15, 0.2) is 28.7 Å². The van der Waals surface area contributed by atoms with E-state index in [1.54, 1.807) is 0 Å². The maximum Gasteiger partial charge on any atom is 0.0547 e. The number of aliphatic hydroxyl groups excluding tert-OH is 1. The van der Waals surface area contributed by atoms with Gasteiger partial charge in [-0.05, 0) is 37.0 Å². The van der Waals surface area contributed by atoms with E-state index < -0.39 is 0 Å². The molecule has 1 aliphatic heterocycles. The summed E-state index contributed by atoms with van der Waals surface area (Å²) < 4.78 is 6.59. The highest BCUT2D eigenvalue weighted by molar-refractivity contribution is 9.10. The predicted octanol–water partition coefficient (Wildman–Crippen LogP) is 2.78. The Morgan fingerprint density at radius 2 is 2.06 bits per heavy atom. The lowest BCUT2D eigenvalue weighted by molar-refractivity contribution is -0.0378. The summed E-state index contributed by atoms with van der Waals surface area (Å²) in [6.07, 6.45) is 3.01. The molecule has 1 N–H and O–H groups in total. The molecule has 1 aliphatic rings. The molecule has 1 fully saturated rings. The van der Waals surface area contributed by atoms with Gasteiger partial charge in [0, 0.05) is 16.5 Å². The van der Waals surface area contributed by atoms with Crippen molar-refractivity contribution in [3.63, 3.8) is 0 Å². The Morgan fingerprint density at radius 3 is 2.62 bits per heavy atom. The molecule has 0 aromatic heterocycles. The van der Waals surface area contributed by atoms with Crippen molar-refractivity contribution in [2.45, 2.75) is 19.3 Å². The number of hydrogen-bond donors (Lipinski definition) is 1. The molecule has 88 valence electrons. The van der Waals surface area contributed by atoms with Gasteiger partial charge in [0.25, 0.3) is 0 Å². The second-order valence-electron chi connectivity index (χ2n) is 4.62. The third-order valence-electron chi connectivity index (χ3n) is 3.23. The van der Waals surface area contributed by atoms with Crippen molar-refractivity contribution in [3.8, 4) is 0 Å². The third kappa shape index (κ3) is 2.84. The van der Waals surface area contributed by atoms with E-state index in [2.05, 4.69) is 28.1 Å². The van der Waals surface area contributed by atoms with Gasteiger partial charge < -0.3 is 9.84 Å². The van der Waals surface area contributed by atoms with E-state index in [9.17, 15) is 5.11 Å². The molecule has 3 heteroatoms. The van der Waals surface area contributed by atoms with E-state index in [0.29, 0.717) is 6.61 Å². The highest BCUT2D eigenvalue weighted by atomic mass is 79.9. The van der Waals surface area contributed by atoms with E-state index in [1.165, 1.54) is 5.56 Å². The molecule has 0 spiro atoms. The fourth-order valence-electron chi connectivity index (χ4n) is 2.27. The van der Waals surface area contributed by atoms with Gasteiger partial charge in [0.15, 0.2) is 0 Å². The molecule has 1 heterocycles. The first-order valence-corrected chi connectivity index (χ1v) is 6.46. The molecule has 0 amide bonds. The topological polar surface area (TPSA) is 29.5 Å². The van der Waals surface area contributed by atoms with Gasteiger partial charge in [-0.15, -0.1) is 0 Å². The molecule has 0 radical (unpaired) electrons. The molecule has 1 unspecified atom stereocenters. The monoisotopic (exact) mass is 284 g/mol.